The SMILES string of the molecule is CC(Sc1nc2sccc2c(=O)n1-c1ccccc1)C(=O)Nc1ccc(Br)cc1. The van der Waals surface area contributed by atoms with Crippen LogP contribution < -0.4 is 10.9 Å². The van der Waals surface area contributed by atoms with E-state index < -0.39 is 5.25 Å². The molecule has 2 aromatic heterocycles. The molecule has 0 bridgehead atoms. The number of anilines is 1. The van der Waals surface area contributed by atoms with Crippen molar-refractivity contribution >= 4 is 60.8 Å². The van der Waals surface area contributed by atoms with Gasteiger partial charge in [0.15, 0.2) is 5.16 Å². The van der Waals surface area contributed by atoms with Crippen molar-refractivity contribution in [3.63, 3.8) is 0 Å². The molecular formula is C21H16BrN3O2S2. The third-order valence-electron chi connectivity index (χ3n) is 4.24. The molecule has 4 rings (SSSR count). The van der Waals surface area contributed by atoms with E-state index in [0.717, 1.165) is 10.2 Å². The van der Waals surface area contributed by atoms with E-state index in [-0.39, 0.29) is 11.5 Å². The molecule has 1 amide bonds. The highest BCUT2D eigenvalue weighted by atomic mass is 79.9. The summed E-state index contributed by atoms with van der Waals surface area (Å²) in [6, 6.07) is 18.5. The molecule has 1 unspecified atom stereocenters. The maximum atomic E-state index is 13.1. The Morgan fingerprint density at radius 3 is 2.59 bits per heavy atom. The van der Waals surface area contributed by atoms with Gasteiger partial charge in [0.05, 0.1) is 16.3 Å². The number of benzene rings is 2. The molecule has 1 N–H and O–H groups in total. The van der Waals surface area contributed by atoms with Gasteiger partial charge in [0.1, 0.15) is 4.83 Å². The Balaban J connectivity index is 1.67. The van der Waals surface area contributed by atoms with Gasteiger partial charge in [-0.3, -0.25) is 14.2 Å². The van der Waals surface area contributed by atoms with Gasteiger partial charge in [0.25, 0.3) is 5.56 Å². The van der Waals surface area contributed by atoms with E-state index >= 15 is 0 Å². The summed E-state index contributed by atoms with van der Waals surface area (Å²) in [5.74, 6) is -0.155. The Hall–Kier alpha value is -2.42. The van der Waals surface area contributed by atoms with Gasteiger partial charge in [0, 0.05) is 10.2 Å². The van der Waals surface area contributed by atoms with E-state index in [9.17, 15) is 9.59 Å². The van der Waals surface area contributed by atoms with Gasteiger partial charge >= 0.3 is 0 Å². The van der Waals surface area contributed by atoms with Crippen molar-refractivity contribution in [2.75, 3.05) is 5.32 Å². The molecule has 0 spiro atoms. The Labute approximate surface area is 183 Å². The second kappa shape index (κ2) is 8.52. The highest BCUT2D eigenvalue weighted by Crippen LogP contribution is 2.27. The monoisotopic (exact) mass is 485 g/mol. The topological polar surface area (TPSA) is 64.0 Å². The number of amides is 1. The van der Waals surface area contributed by atoms with Crippen LogP contribution in [0.15, 0.2) is 80.5 Å². The number of para-hydroxylation sites is 1. The molecular weight excluding hydrogens is 470 g/mol. The van der Waals surface area contributed by atoms with Crippen LogP contribution in [0.25, 0.3) is 15.9 Å². The molecule has 4 aromatic rings. The summed E-state index contributed by atoms with van der Waals surface area (Å²) in [6.07, 6.45) is 0. The molecule has 0 aliphatic heterocycles. The number of carbonyl (C=O) groups is 1. The van der Waals surface area contributed by atoms with Crippen molar-refractivity contribution in [1.82, 2.24) is 9.55 Å². The fourth-order valence-electron chi connectivity index (χ4n) is 2.77. The Morgan fingerprint density at radius 2 is 1.86 bits per heavy atom. The minimum absolute atomic E-state index is 0.134. The molecule has 5 nitrogen and oxygen atoms in total. The smallest absolute Gasteiger partial charge is 0.267 e. The van der Waals surface area contributed by atoms with E-state index in [0.29, 0.717) is 21.1 Å². The first-order chi connectivity index (χ1) is 14.0. The number of halogens is 1. The lowest BCUT2D eigenvalue weighted by Crippen LogP contribution is -2.26. The van der Waals surface area contributed by atoms with E-state index in [4.69, 9.17) is 0 Å². The zero-order chi connectivity index (χ0) is 20.4. The van der Waals surface area contributed by atoms with Crippen LogP contribution in [0, 0.1) is 0 Å². The van der Waals surface area contributed by atoms with Crippen LogP contribution in [0.2, 0.25) is 0 Å². The molecule has 2 heterocycles. The van der Waals surface area contributed by atoms with Crippen molar-refractivity contribution in [3.05, 3.63) is 80.9 Å². The van der Waals surface area contributed by atoms with E-state index in [1.165, 1.54) is 23.1 Å². The third kappa shape index (κ3) is 4.29. The zero-order valence-electron chi connectivity index (χ0n) is 15.3. The number of thiophene rings is 1. The standard InChI is InChI=1S/C21H16BrN3O2S2/c1-13(18(26)23-15-9-7-14(22)8-10-15)29-21-24-19-17(11-12-28-19)20(27)25(21)16-5-3-2-4-6-16/h2-13H,1H3,(H,23,26). The molecule has 0 aliphatic rings. The fourth-order valence-corrected chi connectivity index (χ4v) is 4.76. The number of thioether (sulfide) groups is 1. The van der Waals surface area contributed by atoms with Crippen LogP contribution in [0.4, 0.5) is 5.69 Å². The van der Waals surface area contributed by atoms with E-state index in [1.807, 2.05) is 60.0 Å². The van der Waals surface area contributed by atoms with Crippen LogP contribution in [-0.4, -0.2) is 20.7 Å². The summed E-state index contributed by atoms with van der Waals surface area (Å²) in [7, 11) is 0. The second-order valence-electron chi connectivity index (χ2n) is 6.27. The lowest BCUT2D eigenvalue weighted by molar-refractivity contribution is -0.115. The molecule has 0 radical (unpaired) electrons. The first kappa shape index (κ1) is 19.9. The lowest BCUT2D eigenvalue weighted by atomic mass is 10.3. The van der Waals surface area contributed by atoms with Gasteiger partial charge in [-0.1, -0.05) is 45.9 Å². The van der Waals surface area contributed by atoms with Gasteiger partial charge in [-0.2, -0.15) is 0 Å². The van der Waals surface area contributed by atoms with E-state index in [2.05, 4.69) is 26.2 Å². The lowest BCUT2D eigenvalue weighted by Gasteiger charge is -2.16. The molecule has 1 atom stereocenters. The number of fused-ring (bicyclic) bond motifs is 1. The molecule has 0 fully saturated rings. The van der Waals surface area contributed by atoms with Crippen molar-refractivity contribution in [3.8, 4) is 5.69 Å². The number of nitrogens with one attached hydrogen (secondary N) is 1. The third-order valence-corrected chi connectivity index (χ3v) is 6.63. The highest BCUT2D eigenvalue weighted by Gasteiger charge is 2.20. The quantitative estimate of drug-likeness (QED) is 0.306. The summed E-state index contributed by atoms with van der Waals surface area (Å²) in [6.45, 7) is 1.80. The van der Waals surface area contributed by atoms with Gasteiger partial charge in [-0.05, 0) is 54.8 Å². The zero-order valence-corrected chi connectivity index (χ0v) is 18.6. The number of hydrogen-bond acceptors (Lipinski definition) is 5. The predicted molar refractivity (Wildman–Crippen MR) is 123 cm³/mol. The average Bonchev–Trinajstić information content (AvgIpc) is 3.19. The highest BCUT2D eigenvalue weighted by molar-refractivity contribution is 9.10. The Kier molecular flexibility index (Phi) is 5.84. The molecule has 8 heteroatoms. The molecule has 0 aliphatic carbocycles. The summed E-state index contributed by atoms with van der Waals surface area (Å²) in [4.78, 5) is 31.1. The van der Waals surface area contributed by atoms with Gasteiger partial charge in [0.2, 0.25) is 5.91 Å². The second-order valence-corrected chi connectivity index (χ2v) is 9.38. The first-order valence-electron chi connectivity index (χ1n) is 8.82. The number of carbonyl (C=O) groups excluding carboxylic acids is 1. The maximum absolute atomic E-state index is 13.1. The number of nitrogens with zero attached hydrogens (tertiary/aromatic N) is 2. The van der Waals surface area contributed by atoms with Crippen molar-refractivity contribution in [1.29, 1.82) is 0 Å². The Bertz CT molecular complexity index is 1220. The van der Waals surface area contributed by atoms with E-state index in [1.54, 1.807) is 17.6 Å². The molecule has 2 aromatic carbocycles. The van der Waals surface area contributed by atoms with Gasteiger partial charge in [-0.25, -0.2) is 4.98 Å². The van der Waals surface area contributed by atoms with Crippen LogP contribution in [-0.2, 0) is 4.79 Å². The number of rotatable bonds is 5. The normalized spacial score (nSPS) is 12.1. The molecule has 0 saturated carbocycles. The van der Waals surface area contributed by atoms with Crippen molar-refractivity contribution in [2.24, 2.45) is 0 Å². The average molecular weight is 486 g/mol. The maximum Gasteiger partial charge on any atom is 0.267 e. The first-order valence-corrected chi connectivity index (χ1v) is 11.4. The summed E-state index contributed by atoms with van der Waals surface area (Å²) in [5.41, 5.74) is 1.30. The number of aromatic nitrogens is 2. The number of hydrogen-bond donors (Lipinski definition) is 1. The van der Waals surface area contributed by atoms with Crippen molar-refractivity contribution < 1.29 is 4.79 Å². The summed E-state index contributed by atoms with van der Waals surface area (Å²) >= 11 is 6.06. The molecule has 29 heavy (non-hydrogen) atoms. The van der Waals surface area contributed by atoms with Crippen LogP contribution in [0.3, 0.4) is 0 Å². The van der Waals surface area contributed by atoms with Crippen molar-refractivity contribution in [2.45, 2.75) is 17.3 Å². The fraction of sp³-hybridized carbons (Fsp3) is 0.0952. The van der Waals surface area contributed by atoms with Crippen LogP contribution >= 0.6 is 39.0 Å². The van der Waals surface area contributed by atoms with Gasteiger partial charge in [-0.15, -0.1) is 11.3 Å². The minimum atomic E-state index is -0.446. The largest absolute Gasteiger partial charge is 0.325 e. The predicted octanol–water partition coefficient (Wildman–Crippen LogP) is 5.33. The van der Waals surface area contributed by atoms with Crippen LogP contribution in [0.1, 0.15) is 6.92 Å². The summed E-state index contributed by atoms with van der Waals surface area (Å²) in [5, 5.41) is 5.38. The van der Waals surface area contributed by atoms with Gasteiger partial charge < -0.3 is 5.32 Å². The molecule has 0 saturated heterocycles. The minimum Gasteiger partial charge on any atom is -0.325 e. The van der Waals surface area contributed by atoms with Crippen LogP contribution in [0.5, 0.6) is 0 Å². The molecule has 146 valence electrons. The Morgan fingerprint density at radius 1 is 1.14 bits per heavy atom. The summed E-state index contributed by atoms with van der Waals surface area (Å²) < 4.78 is 2.52.